The van der Waals surface area contributed by atoms with E-state index in [0.29, 0.717) is 16.3 Å². The number of benzene rings is 2. The molecule has 0 aliphatic heterocycles. The molecular weight excluding hydrogens is 355 g/mol. The van der Waals surface area contributed by atoms with Gasteiger partial charge in [-0.1, -0.05) is 11.6 Å². The van der Waals surface area contributed by atoms with E-state index in [1.165, 1.54) is 14.1 Å². The van der Waals surface area contributed by atoms with Gasteiger partial charge in [0.1, 0.15) is 5.82 Å². The summed E-state index contributed by atoms with van der Waals surface area (Å²) in [4.78, 5) is 12.2. The first-order valence-electron chi connectivity index (χ1n) is 6.92. The number of carbonyl (C=O) groups excluding carboxylic acids is 1. The monoisotopic (exact) mass is 370 g/mol. The van der Waals surface area contributed by atoms with Crippen molar-refractivity contribution >= 4 is 33.2 Å². The molecule has 2 aromatic rings. The largest absolute Gasteiger partial charge is 0.322 e. The average molecular weight is 371 g/mol. The molecule has 0 aliphatic carbocycles. The Hall–Kier alpha value is -1.96. The number of amides is 1. The number of nitrogens with zero attached hydrogens (tertiary/aromatic N) is 1. The molecule has 0 spiro atoms. The molecule has 128 valence electrons. The predicted molar refractivity (Wildman–Crippen MR) is 91.4 cm³/mol. The Labute approximate surface area is 145 Å². The highest BCUT2D eigenvalue weighted by Crippen LogP contribution is 2.22. The fourth-order valence-corrected chi connectivity index (χ4v) is 3.16. The van der Waals surface area contributed by atoms with Crippen molar-refractivity contribution in [3.05, 3.63) is 58.4 Å². The molecule has 0 unspecified atom stereocenters. The number of aryl methyl sites for hydroxylation is 1. The Morgan fingerprint density at radius 2 is 1.83 bits per heavy atom. The minimum absolute atomic E-state index is 0.160. The maximum absolute atomic E-state index is 14.0. The van der Waals surface area contributed by atoms with E-state index in [0.717, 1.165) is 22.5 Å². The Morgan fingerprint density at radius 3 is 2.42 bits per heavy atom. The molecule has 24 heavy (non-hydrogen) atoms. The van der Waals surface area contributed by atoms with Gasteiger partial charge >= 0.3 is 0 Å². The molecule has 0 saturated heterocycles. The van der Waals surface area contributed by atoms with Gasteiger partial charge in [0.25, 0.3) is 5.91 Å². The zero-order valence-corrected chi connectivity index (χ0v) is 14.9. The molecule has 1 amide bonds. The van der Waals surface area contributed by atoms with Crippen LogP contribution in [0.5, 0.6) is 0 Å². The topological polar surface area (TPSA) is 66.5 Å². The molecule has 0 atom stereocenters. The second-order valence-electron chi connectivity index (χ2n) is 5.34. The molecule has 0 bridgehead atoms. The highest BCUT2D eigenvalue weighted by atomic mass is 35.5. The van der Waals surface area contributed by atoms with E-state index in [1.54, 1.807) is 25.1 Å². The van der Waals surface area contributed by atoms with Crippen molar-refractivity contribution in [2.75, 3.05) is 19.4 Å². The van der Waals surface area contributed by atoms with Crippen LogP contribution in [0.3, 0.4) is 0 Å². The zero-order valence-electron chi connectivity index (χ0n) is 13.3. The van der Waals surface area contributed by atoms with Gasteiger partial charge in [-0.2, -0.15) is 0 Å². The van der Waals surface area contributed by atoms with Gasteiger partial charge in [0.2, 0.25) is 10.0 Å². The standard InChI is InChI=1S/C16H16ClFN2O3S/c1-10-8-11(17)4-7-15(10)19-16(21)13-9-12(5-6-14(13)18)24(22,23)20(2)3/h4-9H,1-3H3,(H,19,21). The van der Waals surface area contributed by atoms with Crippen LogP contribution in [0.2, 0.25) is 5.02 Å². The first kappa shape index (κ1) is 18.4. The molecule has 0 fully saturated rings. The SMILES string of the molecule is Cc1cc(Cl)ccc1NC(=O)c1cc(S(=O)(=O)N(C)C)ccc1F. The van der Waals surface area contributed by atoms with Crippen LogP contribution in [-0.2, 0) is 10.0 Å². The molecule has 0 aliphatic rings. The third kappa shape index (κ3) is 3.75. The van der Waals surface area contributed by atoms with E-state index in [1.807, 2.05) is 0 Å². The number of carbonyl (C=O) groups is 1. The molecule has 2 aromatic carbocycles. The third-order valence-electron chi connectivity index (χ3n) is 3.40. The maximum atomic E-state index is 14.0. The third-order valence-corrected chi connectivity index (χ3v) is 5.44. The molecule has 0 heterocycles. The summed E-state index contributed by atoms with van der Waals surface area (Å²) in [5.41, 5.74) is 0.810. The normalized spacial score (nSPS) is 11.6. The molecule has 0 radical (unpaired) electrons. The summed E-state index contributed by atoms with van der Waals surface area (Å²) in [5.74, 6) is -1.55. The number of anilines is 1. The van der Waals surface area contributed by atoms with E-state index >= 15 is 0 Å². The van der Waals surface area contributed by atoms with Crippen molar-refractivity contribution in [1.29, 1.82) is 0 Å². The number of halogens is 2. The summed E-state index contributed by atoms with van der Waals surface area (Å²) in [7, 11) is -1.05. The van der Waals surface area contributed by atoms with Crippen LogP contribution < -0.4 is 5.32 Å². The van der Waals surface area contributed by atoms with Gasteiger partial charge in [-0.05, 0) is 48.9 Å². The molecule has 5 nitrogen and oxygen atoms in total. The van der Waals surface area contributed by atoms with Crippen LogP contribution >= 0.6 is 11.6 Å². The quantitative estimate of drug-likeness (QED) is 0.898. The van der Waals surface area contributed by atoms with Crippen molar-refractivity contribution < 1.29 is 17.6 Å². The van der Waals surface area contributed by atoms with Crippen molar-refractivity contribution in [2.24, 2.45) is 0 Å². The lowest BCUT2D eigenvalue weighted by atomic mass is 10.1. The molecular formula is C16H16ClFN2O3S. The maximum Gasteiger partial charge on any atom is 0.258 e. The number of sulfonamides is 1. The van der Waals surface area contributed by atoms with Crippen LogP contribution in [0.15, 0.2) is 41.3 Å². The Morgan fingerprint density at radius 1 is 1.17 bits per heavy atom. The fourth-order valence-electron chi connectivity index (χ4n) is 2.01. The molecule has 8 heteroatoms. The van der Waals surface area contributed by atoms with E-state index in [9.17, 15) is 17.6 Å². The first-order chi connectivity index (χ1) is 11.1. The second-order valence-corrected chi connectivity index (χ2v) is 7.93. The smallest absolute Gasteiger partial charge is 0.258 e. The van der Waals surface area contributed by atoms with Crippen LogP contribution in [0.4, 0.5) is 10.1 Å². The molecule has 0 saturated carbocycles. The second kappa shape index (κ2) is 6.88. The van der Waals surface area contributed by atoms with Crippen LogP contribution in [0, 0.1) is 12.7 Å². The molecule has 2 rings (SSSR count). The summed E-state index contributed by atoms with van der Waals surface area (Å²) in [6, 6.07) is 7.93. The summed E-state index contributed by atoms with van der Waals surface area (Å²) in [6.07, 6.45) is 0. The minimum Gasteiger partial charge on any atom is -0.322 e. The Kier molecular flexibility index (Phi) is 5.27. The highest BCUT2D eigenvalue weighted by Gasteiger charge is 2.21. The Balaban J connectivity index is 2.39. The number of rotatable bonds is 4. The highest BCUT2D eigenvalue weighted by molar-refractivity contribution is 7.89. The number of hydrogen-bond donors (Lipinski definition) is 1. The lowest BCUT2D eigenvalue weighted by molar-refractivity contribution is 0.102. The van der Waals surface area contributed by atoms with E-state index in [-0.39, 0.29) is 10.5 Å². The van der Waals surface area contributed by atoms with Gasteiger partial charge in [0.15, 0.2) is 0 Å². The summed E-state index contributed by atoms with van der Waals surface area (Å²) < 4.78 is 39.2. The van der Waals surface area contributed by atoms with Gasteiger partial charge in [0.05, 0.1) is 10.5 Å². The summed E-state index contributed by atoms with van der Waals surface area (Å²) in [6.45, 7) is 1.74. The van der Waals surface area contributed by atoms with Crippen molar-refractivity contribution in [2.45, 2.75) is 11.8 Å². The average Bonchev–Trinajstić information content (AvgIpc) is 2.50. The van der Waals surface area contributed by atoms with Crippen molar-refractivity contribution in [3.8, 4) is 0 Å². The van der Waals surface area contributed by atoms with E-state index in [4.69, 9.17) is 11.6 Å². The van der Waals surface area contributed by atoms with Gasteiger partial charge in [-0.25, -0.2) is 17.1 Å². The summed E-state index contributed by atoms with van der Waals surface area (Å²) >= 11 is 5.85. The van der Waals surface area contributed by atoms with Crippen molar-refractivity contribution in [3.63, 3.8) is 0 Å². The number of hydrogen-bond acceptors (Lipinski definition) is 3. The first-order valence-corrected chi connectivity index (χ1v) is 8.74. The predicted octanol–water partition coefficient (Wildman–Crippen LogP) is 3.29. The van der Waals surface area contributed by atoms with Crippen molar-refractivity contribution in [1.82, 2.24) is 4.31 Å². The fraction of sp³-hybridized carbons (Fsp3) is 0.188. The Bertz CT molecular complexity index is 898. The van der Waals surface area contributed by atoms with Gasteiger partial charge < -0.3 is 5.32 Å². The minimum atomic E-state index is -3.77. The van der Waals surface area contributed by atoms with Gasteiger partial charge in [0, 0.05) is 24.8 Å². The van der Waals surface area contributed by atoms with E-state index < -0.39 is 21.7 Å². The lowest BCUT2D eigenvalue weighted by Gasteiger charge is -2.13. The molecule has 1 N–H and O–H groups in total. The van der Waals surface area contributed by atoms with E-state index in [2.05, 4.69) is 5.32 Å². The van der Waals surface area contributed by atoms with Crippen LogP contribution in [0.25, 0.3) is 0 Å². The summed E-state index contributed by atoms with van der Waals surface area (Å²) in [5, 5.41) is 3.07. The number of nitrogens with one attached hydrogen (secondary N) is 1. The zero-order chi connectivity index (χ0) is 18.1. The van der Waals surface area contributed by atoms with Crippen LogP contribution in [-0.4, -0.2) is 32.7 Å². The lowest BCUT2D eigenvalue weighted by Crippen LogP contribution is -2.23. The molecule has 0 aromatic heterocycles. The van der Waals surface area contributed by atoms with Crippen LogP contribution in [0.1, 0.15) is 15.9 Å². The van der Waals surface area contributed by atoms with Gasteiger partial charge in [-0.3, -0.25) is 4.79 Å². The van der Waals surface area contributed by atoms with Gasteiger partial charge in [-0.15, -0.1) is 0 Å².